The van der Waals surface area contributed by atoms with E-state index in [1.165, 1.54) is 11.8 Å². The summed E-state index contributed by atoms with van der Waals surface area (Å²) in [6, 6.07) is 17.2. The van der Waals surface area contributed by atoms with E-state index in [1.54, 1.807) is 11.0 Å². The van der Waals surface area contributed by atoms with Crippen LogP contribution in [0.2, 0.25) is 5.02 Å². The average molecular weight is 439 g/mol. The molecule has 1 amide bonds. The van der Waals surface area contributed by atoms with E-state index in [0.29, 0.717) is 16.0 Å². The summed E-state index contributed by atoms with van der Waals surface area (Å²) in [5.74, 6) is 0.641. The van der Waals surface area contributed by atoms with Crippen LogP contribution in [-0.2, 0) is 4.79 Å². The molecule has 9 heteroatoms. The molecule has 4 rings (SSSR count). The van der Waals surface area contributed by atoms with E-state index in [-0.39, 0.29) is 11.7 Å². The van der Waals surface area contributed by atoms with Gasteiger partial charge in [0.15, 0.2) is 5.16 Å². The first-order chi connectivity index (χ1) is 14.5. The summed E-state index contributed by atoms with van der Waals surface area (Å²) in [5.41, 5.74) is 3.53. The van der Waals surface area contributed by atoms with Gasteiger partial charge in [-0.2, -0.15) is 5.10 Å². The maximum Gasteiger partial charge on any atom is 0.236 e. The first-order valence-electron chi connectivity index (χ1n) is 9.22. The van der Waals surface area contributed by atoms with Crippen molar-refractivity contribution in [2.24, 2.45) is 0 Å². The quantitative estimate of drug-likeness (QED) is 0.450. The topological polar surface area (TPSA) is 77.6 Å². The molecule has 0 saturated heterocycles. The number of para-hydroxylation sites is 1. The van der Waals surface area contributed by atoms with Crippen LogP contribution in [0.25, 0.3) is 11.4 Å². The second-order valence-electron chi connectivity index (χ2n) is 6.67. The maximum absolute atomic E-state index is 12.6. The number of anilines is 1. The van der Waals surface area contributed by atoms with E-state index in [4.69, 9.17) is 11.6 Å². The van der Waals surface area contributed by atoms with Crippen LogP contribution in [0.3, 0.4) is 0 Å². The molecule has 152 valence electrons. The van der Waals surface area contributed by atoms with Crippen LogP contribution in [0, 0.1) is 13.8 Å². The predicted octanol–water partition coefficient (Wildman–Crippen LogP) is 4.45. The van der Waals surface area contributed by atoms with Crippen molar-refractivity contribution in [2.75, 3.05) is 11.1 Å². The zero-order valence-electron chi connectivity index (χ0n) is 16.4. The number of benzene rings is 2. The number of halogens is 1. The number of aryl methyl sites for hydroxylation is 2. The lowest BCUT2D eigenvalue weighted by molar-refractivity contribution is -0.113. The summed E-state index contributed by atoms with van der Waals surface area (Å²) in [4.78, 5) is 12.6. The largest absolute Gasteiger partial charge is 0.310 e. The minimum atomic E-state index is -0.159. The number of hydrogen-bond acceptors (Lipinski definition) is 5. The average Bonchev–Trinajstić information content (AvgIpc) is 3.35. The van der Waals surface area contributed by atoms with Crippen LogP contribution in [0.1, 0.15) is 11.3 Å². The zero-order valence-corrected chi connectivity index (χ0v) is 18.0. The fraction of sp³-hybridized carbons (Fsp3) is 0.143. The summed E-state index contributed by atoms with van der Waals surface area (Å²) in [5, 5.41) is 16.8. The number of aromatic nitrogens is 5. The van der Waals surface area contributed by atoms with Crippen LogP contribution in [-0.4, -0.2) is 36.2 Å². The third-order valence-corrected chi connectivity index (χ3v) is 5.73. The van der Waals surface area contributed by atoms with Gasteiger partial charge >= 0.3 is 0 Å². The van der Waals surface area contributed by atoms with Crippen LogP contribution in [0.5, 0.6) is 0 Å². The number of rotatable bonds is 6. The van der Waals surface area contributed by atoms with E-state index in [1.807, 2.05) is 73.0 Å². The summed E-state index contributed by atoms with van der Waals surface area (Å²) < 4.78 is 3.52. The molecule has 0 bridgehead atoms. The number of hydrogen-bond donors (Lipinski definition) is 1. The molecule has 0 aliphatic rings. The third-order valence-electron chi connectivity index (χ3n) is 4.38. The lowest BCUT2D eigenvalue weighted by Gasteiger charge is -2.10. The molecule has 0 spiro atoms. The van der Waals surface area contributed by atoms with Crippen molar-refractivity contribution in [1.82, 2.24) is 24.5 Å². The molecular weight excluding hydrogens is 420 g/mol. The number of carbonyl (C=O) groups is 1. The van der Waals surface area contributed by atoms with Crippen LogP contribution in [0.15, 0.2) is 66.1 Å². The lowest BCUT2D eigenvalue weighted by atomic mass is 10.2. The second kappa shape index (κ2) is 8.73. The molecule has 7 nitrogen and oxygen atoms in total. The van der Waals surface area contributed by atoms with Crippen LogP contribution in [0.4, 0.5) is 5.82 Å². The van der Waals surface area contributed by atoms with Gasteiger partial charge in [0.25, 0.3) is 0 Å². The molecule has 0 atom stereocenters. The molecule has 30 heavy (non-hydrogen) atoms. The first-order valence-corrected chi connectivity index (χ1v) is 10.6. The van der Waals surface area contributed by atoms with E-state index in [9.17, 15) is 4.79 Å². The second-order valence-corrected chi connectivity index (χ2v) is 8.02. The maximum atomic E-state index is 12.6. The Hall–Kier alpha value is -3.10. The van der Waals surface area contributed by atoms with Gasteiger partial charge in [-0.05, 0) is 43.7 Å². The van der Waals surface area contributed by atoms with Gasteiger partial charge in [0, 0.05) is 11.1 Å². The van der Waals surface area contributed by atoms with Crippen molar-refractivity contribution in [3.05, 3.63) is 77.2 Å². The van der Waals surface area contributed by atoms with E-state index in [2.05, 4.69) is 20.6 Å². The van der Waals surface area contributed by atoms with E-state index in [0.717, 1.165) is 22.6 Å². The molecule has 4 aromatic rings. The SMILES string of the molecule is Cc1cc(NC(=O)CSc2nncn2-c2ccc(C)c(Cl)c2)n(-c2ccccc2)n1. The smallest absolute Gasteiger partial charge is 0.236 e. The molecule has 0 aliphatic carbocycles. The summed E-state index contributed by atoms with van der Waals surface area (Å²) in [7, 11) is 0. The van der Waals surface area contributed by atoms with Gasteiger partial charge in [0.1, 0.15) is 12.1 Å². The van der Waals surface area contributed by atoms with Crippen LogP contribution < -0.4 is 5.32 Å². The number of carbonyl (C=O) groups excluding carboxylic acids is 1. The highest BCUT2D eigenvalue weighted by Gasteiger charge is 2.14. The van der Waals surface area contributed by atoms with Gasteiger partial charge in [0.2, 0.25) is 5.91 Å². The van der Waals surface area contributed by atoms with Gasteiger partial charge in [-0.3, -0.25) is 9.36 Å². The predicted molar refractivity (Wildman–Crippen MR) is 119 cm³/mol. The van der Waals surface area contributed by atoms with Gasteiger partial charge < -0.3 is 5.32 Å². The Morgan fingerprint density at radius 3 is 2.67 bits per heavy atom. The van der Waals surface area contributed by atoms with Crippen molar-refractivity contribution in [3.63, 3.8) is 0 Å². The van der Waals surface area contributed by atoms with E-state index >= 15 is 0 Å². The monoisotopic (exact) mass is 438 g/mol. The van der Waals surface area contributed by atoms with Crippen molar-refractivity contribution >= 4 is 35.1 Å². The molecule has 2 aromatic carbocycles. The number of amides is 1. The molecule has 2 aromatic heterocycles. The van der Waals surface area contributed by atoms with Crippen molar-refractivity contribution in [2.45, 2.75) is 19.0 Å². The highest BCUT2D eigenvalue weighted by molar-refractivity contribution is 7.99. The van der Waals surface area contributed by atoms with E-state index < -0.39 is 0 Å². The minimum absolute atomic E-state index is 0.159. The van der Waals surface area contributed by atoms with Crippen molar-refractivity contribution in [3.8, 4) is 11.4 Å². The highest BCUT2D eigenvalue weighted by Crippen LogP contribution is 2.24. The molecule has 0 radical (unpaired) electrons. The third kappa shape index (κ3) is 4.39. The first kappa shape index (κ1) is 20.2. The fourth-order valence-corrected chi connectivity index (χ4v) is 3.80. The molecule has 1 N–H and O–H groups in total. The Morgan fingerprint density at radius 1 is 1.10 bits per heavy atom. The Bertz CT molecular complexity index is 1190. The van der Waals surface area contributed by atoms with Gasteiger partial charge in [-0.25, -0.2) is 4.68 Å². The normalized spacial score (nSPS) is 10.9. The summed E-state index contributed by atoms with van der Waals surface area (Å²) in [6.07, 6.45) is 1.61. The highest BCUT2D eigenvalue weighted by atomic mass is 35.5. The van der Waals surface area contributed by atoms with Gasteiger partial charge in [-0.1, -0.05) is 47.6 Å². The molecule has 0 saturated carbocycles. The number of nitrogens with one attached hydrogen (secondary N) is 1. The number of nitrogens with zero attached hydrogens (tertiary/aromatic N) is 5. The summed E-state index contributed by atoms with van der Waals surface area (Å²) >= 11 is 7.53. The number of thioether (sulfide) groups is 1. The lowest BCUT2D eigenvalue weighted by Crippen LogP contribution is -2.17. The minimum Gasteiger partial charge on any atom is -0.310 e. The molecule has 2 heterocycles. The Morgan fingerprint density at radius 2 is 1.90 bits per heavy atom. The molecule has 0 unspecified atom stereocenters. The van der Waals surface area contributed by atoms with Gasteiger partial charge in [0.05, 0.1) is 22.8 Å². The molecular formula is C21H19ClN6OS. The Labute approximate surface area is 183 Å². The van der Waals surface area contributed by atoms with Crippen LogP contribution >= 0.6 is 23.4 Å². The zero-order chi connectivity index (χ0) is 21.1. The summed E-state index contributed by atoms with van der Waals surface area (Å²) in [6.45, 7) is 3.83. The Kier molecular flexibility index (Phi) is 5.87. The standard InChI is InChI=1S/C21H19ClN6OS/c1-14-8-9-17(11-18(14)22)27-13-23-25-21(27)30-12-20(29)24-19-10-15(2)26-28(19)16-6-4-3-5-7-16/h3-11,13H,12H2,1-2H3,(H,24,29). The van der Waals surface area contributed by atoms with Crippen molar-refractivity contribution < 1.29 is 4.79 Å². The molecule has 0 aliphatic heterocycles. The van der Waals surface area contributed by atoms with Gasteiger partial charge in [-0.15, -0.1) is 10.2 Å². The fourth-order valence-electron chi connectivity index (χ4n) is 2.90. The van der Waals surface area contributed by atoms with Crippen molar-refractivity contribution in [1.29, 1.82) is 0 Å². The Balaban J connectivity index is 1.46. The molecule has 0 fully saturated rings.